The van der Waals surface area contributed by atoms with Crippen molar-refractivity contribution in [3.05, 3.63) is 92.6 Å². The molecule has 0 aliphatic rings. The lowest BCUT2D eigenvalue weighted by atomic mass is 10.1. The Morgan fingerprint density at radius 2 is 1.78 bits per heavy atom. The summed E-state index contributed by atoms with van der Waals surface area (Å²) in [5.74, 6) is 0.293. The third-order valence-corrected chi connectivity index (χ3v) is 7.24. The molecule has 0 radical (unpaired) electrons. The molecule has 0 atom stereocenters. The number of halogens is 4. The highest BCUT2D eigenvalue weighted by Crippen LogP contribution is 2.31. The molecule has 32 heavy (non-hydrogen) atoms. The number of anilines is 1. The quantitative estimate of drug-likeness (QED) is 0.160. The topological polar surface area (TPSA) is 62.1 Å². The van der Waals surface area contributed by atoms with Gasteiger partial charge in [0.15, 0.2) is 0 Å². The number of amides is 1. The summed E-state index contributed by atoms with van der Waals surface area (Å²) >= 11 is 12.8. The SMILES string of the molecule is Cc1c(Cl)cccc1NC(=O)/C(C#N)=C\c1cc(I)c(OCc2ccc(I)cc2)c(I)c1. The molecule has 0 fully saturated rings. The summed E-state index contributed by atoms with van der Waals surface area (Å²) in [5, 5.41) is 12.9. The Hall–Kier alpha value is -1.36. The van der Waals surface area contributed by atoms with Gasteiger partial charge in [0, 0.05) is 14.3 Å². The minimum Gasteiger partial charge on any atom is -0.487 e. The lowest BCUT2D eigenvalue weighted by Gasteiger charge is -2.12. The molecular formula is C24H16ClI3N2O2. The number of nitrogens with zero attached hydrogens (tertiary/aromatic N) is 1. The molecule has 0 bridgehead atoms. The van der Waals surface area contributed by atoms with Gasteiger partial charge in [0.1, 0.15) is 24.0 Å². The molecule has 0 saturated heterocycles. The largest absolute Gasteiger partial charge is 0.487 e. The summed E-state index contributed by atoms with van der Waals surface area (Å²) in [7, 11) is 0. The number of hydrogen-bond donors (Lipinski definition) is 1. The Kier molecular flexibility index (Phi) is 9.22. The summed E-state index contributed by atoms with van der Waals surface area (Å²) in [4.78, 5) is 12.7. The number of carbonyl (C=O) groups is 1. The normalized spacial score (nSPS) is 11.1. The second kappa shape index (κ2) is 11.7. The predicted molar refractivity (Wildman–Crippen MR) is 154 cm³/mol. The van der Waals surface area contributed by atoms with Crippen molar-refractivity contribution >= 4 is 97.0 Å². The van der Waals surface area contributed by atoms with Crippen LogP contribution in [0.2, 0.25) is 5.02 Å². The van der Waals surface area contributed by atoms with Crippen molar-refractivity contribution in [2.45, 2.75) is 13.5 Å². The van der Waals surface area contributed by atoms with Gasteiger partial charge in [-0.25, -0.2) is 0 Å². The highest BCUT2D eigenvalue weighted by molar-refractivity contribution is 14.1. The molecule has 1 N–H and O–H groups in total. The third-order valence-electron chi connectivity index (χ3n) is 4.51. The van der Waals surface area contributed by atoms with Gasteiger partial charge in [0.05, 0.1) is 7.14 Å². The van der Waals surface area contributed by atoms with Crippen LogP contribution in [-0.2, 0) is 11.4 Å². The highest BCUT2D eigenvalue weighted by atomic mass is 127. The molecule has 3 aromatic carbocycles. The first-order chi connectivity index (χ1) is 15.3. The van der Waals surface area contributed by atoms with Crippen LogP contribution in [0, 0.1) is 29.0 Å². The highest BCUT2D eigenvalue weighted by Gasteiger charge is 2.14. The Balaban J connectivity index is 1.78. The van der Waals surface area contributed by atoms with Gasteiger partial charge in [-0.1, -0.05) is 29.8 Å². The van der Waals surface area contributed by atoms with E-state index in [1.54, 1.807) is 24.3 Å². The van der Waals surface area contributed by atoms with Crippen LogP contribution >= 0.6 is 79.4 Å². The zero-order valence-electron chi connectivity index (χ0n) is 16.8. The predicted octanol–water partition coefficient (Wildman–Crippen LogP) is 7.59. The van der Waals surface area contributed by atoms with E-state index in [4.69, 9.17) is 16.3 Å². The number of rotatable bonds is 6. The van der Waals surface area contributed by atoms with E-state index in [1.807, 2.05) is 49.4 Å². The molecule has 3 rings (SSSR count). The number of benzene rings is 3. The van der Waals surface area contributed by atoms with E-state index in [0.717, 1.165) is 29.6 Å². The molecule has 1 amide bonds. The average molecular weight is 781 g/mol. The van der Waals surface area contributed by atoms with Crippen LogP contribution in [0.1, 0.15) is 16.7 Å². The fourth-order valence-corrected chi connectivity index (χ4v) is 5.45. The summed E-state index contributed by atoms with van der Waals surface area (Å²) in [6.45, 7) is 2.27. The first kappa shape index (κ1) is 25.3. The molecule has 0 heterocycles. The van der Waals surface area contributed by atoms with E-state index in [2.05, 4.69) is 73.1 Å². The molecular weight excluding hydrogens is 764 g/mol. The second-order valence-corrected chi connectivity index (χ2v) is 10.7. The van der Waals surface area contributed by atoms with Crippen LogP contribution in [0.3, 0.4) is 0 Å². The van der Waals surface area contributed by atoms with E-state index in [-0.39, 0.29) is 5.57 Å². The standard InChI is InChI=1S/C24H16ClI3N2O2/c1-14-19(25)3-2-4-22(14)30-24(31)17(12-29)9-16-10-20(27)23(21(28)11-16)32-13-15-5-7-18(26)8-6-15/h2-11H,13H2,1H3,(H,30,31)/b17-9-. The Bertz CT molecular complexity index is 1210. The number of carbonyl (C=O) groups excluding carboxylic acids is 1. The van der Waals surface area contributed by atoms with E-state index in [1.165, 1.54) is 3.57 Å². The van der Waals surface area contributed by atoms with Crippen LogP contribution < -0.4 is 10.1 Å². The summed E-state index contributed by atoms with van der Waals surface area (Å²) in [5.41, 5.74) is 3.16. The summed E-state index contributed by atoms with van der Waals surface area (Å²) < 4.78 is 9.01. The minimum absolute atomic E-state index is 0.00327. The van der Waals surface area contributed by atoms with Crippen molar-refractivity contribution in [1.82, 2.24) is 0 Å². The number of nitrogens with one attached hydrogen (secondary N) is 1. The molecule has 0 aromatic heterocycles. The van der Waals surface area contributed by atoms with Gasteiger partial charge in [-0.15, -0.1) is 0 Å². The molecule has 0 spiro atoms. The summed E-state index contributed by atoms with van der Waals surface area (Å²) in [6, 6.07) is 19.2. The van der Waals surface area contributed by atoms with E-state index < -0.39 is 5.91 Å². The van der Waals surface area contributed by atoms with Crippen molar-refractivity contribution in [3.63, 3.8) is 0 Å². The zero-order valence-corrected chi connectivity index (χ0v) is 24.0. The number of ether oxygens (including phenoxy) is 1. The Morgan fingerprint density at radius 3 is 2.41 bits per heavy atom. The molecule has 0 unspecified atom stereocenters. The van der Waals surface area contributed by atoms with Gasteiger partial charge in [-0.2, -0.15) is 5.26 Å². The minimum atomic E-state index is -0.484. The van der Waals surface area contributed by atoms with E-state index >= 15 is 0 Å². The molecule has 4 nitrogen and oxygen atoms in total. The average Bonchev–Trinajstić information content (AvgIpc) is 2.76. The van der Waals surface area contributed by atoms with Crippen LogP contribution in [0.15, 0.2) is 60.2 Å². The van der Waals surface area contributed by atoms with Crippen molar-refractivity contribution in [2.24, 2.45) is 0 Å². The first-order valence-corrected chi connectivity index (χ1v) is 12.9. The molecule has 0 saturated carbocycles. The van der Waals surface area contributed by atoms with Gasteiger partial charge in [0.2, 0.25) is 0 Å². The van der Waals surface area contributed by atoms with E-state index in [0.29, 0.717) is 17.3 Å². The number of hydrogen-bond acceptors (Lipinski definition) is 3. The van der Waals surface area contributed by atoms with Crippen LogP contribution in [-0.4, -0.2) is 5.91 Å². The van der Waals surface area contributed by atoms with Crippen molar-refractivity contribution in [2.75, 3.05) is 5.32 Å². The van der Waals surface area contributed by atoms with Crippen molar-refractivity contribution in [1.29, 1.82) is 5.26 Å². The summed E-state index contributed by atoms with van der Waals surface area (Å²) in [6.07, 6.45) is 1.57. The lowest BCUT2D eigenvalue weighted by molar-refractivity contribution is -0.112. The van der Waals surface area contributed by atoms with Crippen molar-refractivity contribution < 1.29 is 9.53 Å². The second-order valence-electron chi connectivity index (χ2n) is 6.77. The van der Waals surface area contributed by atoms with Crippen LogP contribution in [0.25, 0.3) is 6.08 Å². The fourth-order valence-electron chi connectivity index (χ4n) is 2.78. The van der Waals surface area contributed by atoms with Gasteiger partial charge in [0.25, 0.3) is 5.91 Å². The fraction of sp³-hybridized carbons (Fsp3) is 0.0833. The lowest BCUT2D eigenvalue weighted by Crippen LogP contribution is -2.14. The molecule has 8 heteroatoms. The Labute approximate surface area is 232 Å². The van der Waals surface area contributed by atoms with Gasteiger partial charge in [-0.05, 0) is 134 Å². The molecule has 0 aliphatic carbocycles. The van der Waals surface area contributed by atoms with Crippen molar-refractivity contribution in [3.8, 4) is 11.8 Å². The smallest absolute Gasteiger partial charge is 0.266 e. The van der Waals surface area contributed by atoms with Gasteiger partial charge >= 0.3 is 0 Å². The monoisotopic (exact) mass is 780 g/mol. The molecule has 3 aromatic rings. The first-order valence-electron chi connectivity index (χ1n) is 9.33. The zero-order chi connectivity index (χ0) is 23.3. The molecule has 0 aliphatic heterocycles. The third kappa shape index (κ3) is 6.59. The van der Waals surface area contributed by atoms with Gasteiger partial charge < -0.3 is 10.1 Å². The number of nitriles is 1. The Morgan fingerprint density at radius 1 is 1.12 bits per heavy atom. The maximum atomic E-state index is 12.7. The maximum absolute atomic E-state index is 12.7. The maximum Gasteiger partial charge on any atom is 0.266 e. The van der Waals surface area contributed by atoms with Gasteiger partial charge in [-0.3, -0.25) is 4.79 Å². The van der Waals surface area contributed by atoms with Crippen LogP contribution in [0.5, 0.6) is 5.75 Å². The van der Waals surface area contributed by atoms with Crippen LogP contribution in [0.4, 0.5) is 5.69 Å². The molecule has 162 valence electrons. The van der Waals surface area contributed by atoms with E-state index in [9.17, 15) is 10.1 Å².